The Kier molecular flexibility index (Phi) is 9.37. The van der Waals surface area contributed by atoms with E-state index in [4.69, 9.17) is 16.3 Å². The van der Waals surface area contributed by atoms with Gasteiger partial charge in [0.05, 0.1) is 11.3 Å². The average molecular weight is 601 g/mol. The van der Waals surface area contributed by atoms with Crippen molar-refractivity contribution in [2.24, 2.45) is 0 Å². The molecule has 0 fully saturated rings. The molecule has 1 atom stereocenters. The lowest BCUT2D eigenvalue weighted by Crippen LogP contribution is -2.20. The van der Waals surface area contributed by atoms with Crippen LogP contribution in [0.5, 0.6) is 5.75 Å². The Hall–Kier alpha value is -4.57. The summed E-state index contributed by atoms with van der Waals surface area (Å²) in [6.07, 6.45) is -7.11. The molecule has 4 aromatic carbocycles. The molecule has 3 N–H and O–H groups in total. The van der Waals surface area contributed by atoms with Crippen LogP contribution in [0.2, 0.25) is 5.02 Å². The SMILES string of the molecule is Cc1ccc(NC(=O)Nc2cc(-c3cc(F)ccc3C(=O)O)ccc2OC(CCC(F)(F)F)c2ccc(Cl)cc2)cc1. The molecule has 0 spiro atoms. The minimum atomic E-state index is -4.45. The molecular formula is C31H25ClF4N2O4. The third-order valence-electron chi connectivity index (χ3n) is 6.26. The number of alkyl halides is 3. The number of benzene rings is 4. The summed E-state index contributed by atoms with van der Waals surface area (Å²) in [5.74, 6) is -1.97. The molecule has 1 unspecified atom stereocenters. The molecular weight excluding hydrogens is 576 g/mol. The number of amides is 2. The first-order valence-electron chi connectivity index (χ1n) is 12.7. The van der Waals surface area contributed by atoms with Crippen molar-refractivity contribution in [3.8, 4) is 16.9 Å². The molecule has 0 bridgehead atoms. The van der Waals surface area contributed by atoms with Gasteiger partial charge < -0.3 is 20.5 Å². The van der Waals surface area contributed by atoms with E-state index < -0.39 is 42.9 Å². The number of carboxylic acid groups (broad SMARTS) is 1. The van der Waals surface area contributed by atoms with Gasteiger partial charge in [0.25, 0.3) is 0 Å². The van der Waals surface area contributed by atoms with Crippen molar-refractivity contribution in [2.75, 3.05) is 10.6 Å². The Morgan fingerprint density at radius 1 is 0.929 bits per heavy atom. The van der Waals surface area contributed by atoms with Crippen LogP contribution in [0.15, 0.2) is 84.9 Å². The third kappa shape index (κ3) is 8.23. The van der Waals surface area contributed by atoms with Gasteiger partial charge in [0.2, 0.25) is 0 Å². The first kappa shape index (κ1) is 30.4. The molecule has 0 radical (unpaired) electrons. The Morgan fingerprint density at radius 3 is 2.26 bits per heavy atom. The van der Waals surface area contributed by atoms with E-state index in [1.165, 1.54) is 30.3 Å². The van der Waals surface area contributed by atoms with Gasteiger partial charge >= 0.3 is 18.2 Å². The second-order valence-electron chi connectivity index (χ2n) is 9.46. The zero-order valence-corrected chi connectivity index (χ0v) is 22.9. The Labute approximate surface area is 243 Å². The number of urea groups is 1. The van der Waals surface area contributed by atoms with Crippen molar-refractivity contribution < 1.29 is 37.0 Å². The Bertz CT molecular complexity index is 1580. The molecule has 0 saturated heterocycles. The first-order valence-corrected chi connectivity index (χ1v) is 13.1. The molecule has 0 saturated carbocycles. The van der Waals surface area contributed by atoms with E-state index in [2.05, 4.69) is 10.6 Å². The van der Waals surface area contributed by atoms with Crippen LogP contribution in [-0.4, -0.2) is 23.3 Å². The number of nitrogens with one attached hydrogen (secondary N) is 2. The van der Waals surface area contributed by atoms with Crippen LogP contribution in [0, 0.1) is 12.7 Å². The van der Waals surface area contributed by atoms with Gasteiger partial charge in [0, 0.05) is 17.1 Å². The summed E-state index contributed by atoms with van der Waals surface area (Å²) in [6.45, 7) is 1.88. The molecule has 0 aliphatic carbocycles. The normalized spacial score (nSPS) is 12.0. The second-order valence-corrected chi connectivity index (χ2v) is 9.90. The van der Waals surface area contributed by atoms with Gasteiger partial charge in [-0.25, -0.2) is 14.0 Å². The highest BCUT2D eigenvalue weighted by molar-refractivity contribution is 6.30. The standard InChI is InChI=1S/C31H25ClF4N2O4/c1-18-2-10-23(11-3-18)37-30(41)38-26-16-20(25-17-22(33)9-12-24(25)29(39)40)6-13-28(26)42-27(14-15-31(34,35)36)19-4-7-21(32)8-5-19/h2-13,16-17,27H,14-15H2,1H3,(H,39,40)(H2,37,38,41). The van der Waals surface area contributed by atoms with E-state index in [9.17, 15) is 32.3 Å². The molecule has 0 aromatic heterocycles. The number of aryl methyl sites for hydroxylation is 1. The highest BCUT2D eigenvalue weighted by atomic mass is 35.5. The summed E-state index contributed by atoms with van der Waals surface area (Å²) in [5.41, 5.74) is 1.94. The summed E-state index contributed by atoms with van der Waals surface area (Å²) >= 11 is 5.96. The maximum atomic E-state index is 14.1. The van der Waals surface area contributed by atoms with Crippen molar-refractivity contribution in [3.05, 3.63) is 112 Å². The molecule has 218 valence electrons. The lowest BCUT2D eigenvalue weighted by atomic mass is 9.98. The molecule has 11 heteroatoms. The number of hydrogen-bond donors (Lipinski definition) is 3. The predicted octanol–water partition coefficient (Wildman–Crippen LogP) is 9.26. The second kappa shape index (κ2) is 12.9. The van der Waals surface area contributed by atoms with E-state index >= 15 is 0 Å². The summed E-state index contributed by atoms with van der Waals surface area (Å²) < 4.78 is 59.7. The maximum Gasteiger partial charge on any atom is 0.389 e. The number of ether oxygens (including phenoxy) is 1. The zero-order valence-electron chi connectivity index (χ0n) is 22.1. The van der Waals surface area contributed by atoms with Crippen LogP contribution >= 0.6 is 11.6 Å². The number of carboxylic acids is 1. The van der Waals surface area contributed by atoms with Gasteiger partial charge in [-0.05, 0) is 84.6 Å². The van der Waals surface area contributed by atoms with Crippen molar-refractivity contribution in [3.63, 3.8) is 0 Å². The number of aromatic carboxylic acids is 1. The maximum absolute atomic E-state index is 14.1. The zero-order chi connectivity index (χ0) is 30.4. The van der Waals surface area contributed by atoms with E-state index in [0.717, 1.165) is 23.8 Å². The lowest BCUT2D eigenvalue weighted by molar-refractivity contribution is -0.139. The van der Waals surface area contributed by atoms with Crippen molar-refractivity contribution >= 4 is 35.0 Å². The smallest absolute Gasteiger partial charge is 0.389 e. The minimum absolute atomic E-state index is 0.00760. The largest absolute Gasteiger partial charge is 0.484 e. The minimum Gasteiger partial charge on any atom is -0.484 e. The summed E-state index contributed by atoms with van der Waals surface area (Å²) in [5, 5.41) is 15.3. The van der Waals surface area contributed by atoms with Crippen molar-refractivity contribution in [1.29, 1.82) is 0 Å². The molecule has 4 aromatic rings. The Balaban J connectivity index is 1.74. The van der Waals surface area contributed by atoms with Crippen molar-refractivity contribution in [1.82, 2.24) is 0 Å². The topological polar surface area (TPSA) is 87.7 Å². The fourth-order valence-electron chi connectivity index (χ4n) is 4.18. The summed E-state index contributed by atoms with van der Waals surface area (Å²) in [7, 11) is 0. The van der Waals surface area contributed by atoms with Gasteiger partial charge in [-0.2, -0.15) is 13.2 Å². The molecule has 4 rings (SSSR count). The number of carbonyl (C=O) groups excluding carboxylic acids is 1. The third-order valence-corrected chi connectivity index (χ3v) is 6.51. The average Bonchev–Trinajstić information content (AvgIpc) is 2.93. The molecule has 0 aliphatic rings. The predicted molar refractivity (Wildman–Crippen MR) is 153 cm³/mol. The van der Waals surface area contributed by atoms with E-state index in [1.54, 1.807) is 36.4 Å². The van der Waals surface area contributed by atoms with Gasteiger partial charge in [0.1, 0.15) is 17.7 Å². The van der Waals surface area contributed by atoms with Gasteiger partial charge in [0.15, 0.2) is 0 Å². The number of hydrogen-bond acceptors (Lipinski definition) is 3. The first-order chi connectivity index (χ1) is 19.9. The van der Waals surface area contributed by atoms with Gasteiger partial charge in [-0.1, -0.05) is 47.5 Å². The number of rotatable bonds is 9. The molecule has 42 heavy (non-hydrogen) atoms. The highest BCUT2D eigenvalue weighted by Crippen LogP contribution is 2.38. The highest BCUT2D eigenvalue weighted by Gasteiger charge is 2.30. The number of anilines is 2. The monoisotopic (exact) mass is 600 g/mol. The number of carbonyl (C=O) groups is 2. The fraction of sp³-hybridized carbons (Fsp3) is 0.161. The Morgan fingerprint density at radius 2 is 1.62 bits per heavy atom. The van der Waals surface area contributed by atoms with Crippen LogP contribution < -0.4 is 15.4 Å². The van der Waals surface area contributed by atoms with E-state index in [-0.39, 0.29) is 28.1 Å². The van der Waals surface area contributed by atoms with Crippen LogP contribution in [0.25, 0.3) is 11.1 Å². The fourth-order valence-corrected chi connectivity index (χ4v) is 4.31. The van der Waals surface area contributed by atoms with Crippen LogP contribution in [-0.2, 0) is 0 Å². The molecule has 2 amide bonds. The van der Waals surface area contributed by atoms with E-state index in [1.807, 2.05) is 6.92 Å². The van der Waals surface area contributed by atoms with Crippen molar-refractivity contribution in [2.45, 2.75) is 32.0 Å². The van der Waals surface area contributed by atoms with Crippen LogP contribution in [0.4, 0.5) is 33.7 Å². The summed E-state index contributed by atoms with van der Waals surface area (Å²) in [6, 6.07) is 19.7. The molecule has 0 heterocycles. The van der Waals surface area contributed by atoms with Crippen LogP contribution in [0.1, 0.15) is 40.4 Å². The van der Waals surface area contributed by atoms with Crippen LogP contribution in [0.3, 0.4) is 0 Å². The molecule has 0 aliphatic heterocycles. The quantitative estimate of drug-likeness (QED) is 0.167. The molecule has 6 nitrogen and oxygen atoms in total. The lowest BCUT2D eigenvalue weighted by Gasteiger charge is -2.23. The summed E-state index contributed by atoms with van der Waals surface area (Å²) in [4.78, 5) is 24.8. The van der Waals surface area contributed by atoms with Gasteiger partial charge in [-0.15, -0.1) is 0 Å². The van der Waals surface area contributed by atoms with E-state index in [0.29, 0.717) is 16.3 Å². The number of halogens is 5. The van der Waals surface area contributed by atoms with Gasteiger partial charge in [-0.3, -0.25) is 0 Å².